The molecular weight excluding hydrogens is 422 g/mol. The average molecular weight is 442 g/mol. The number of rotatable bonds is 5. The smallest absolute Gasteiger partial charge is 0.144 e. The first kappa shape index (κ1) is 20.3. The van der Waals surface area contributed by atoms with Crippen molar-refractivity contribution in [1.29, 1.82) is 5.41 Å². The van der Waals surface area contributed by atoms with Gasteiger partial charge in [0.1, 0.15) is 28.1 Å². The lowest BCUT2D eigenvalue weighted by molar-refractivity contribution is 0.400. The van der Waals surface area contributed by atoms with Crippen molar-refractivity contribution in [1.82, 2.24) is 4.98 Å². The zero-order chi connectivity index (χ0) is 21.4. The number of aliphatic hydroxyl groups excluding tert-OH is 1. The van der Waals surface area contributed by atoms with Crippen LogP contribution in [-0.2, 0) is 0 Å². The second kappa shape index (κ2) is 8.01. The minimum absolute atomic E-state index is 0.0873. The number of ether oxygens (including phenoxy) is 2. The van der Waals surface area contributed by atoms with Crippen LogP contribution in [0.25, 0.3) is 16.8 Å². The maximum Gasteiger partial charge on any atom is 0.144 e. The van der Waals surface area contributed by atoms with Gasteiger partial charge in [0.2, 0.25) is 0 Å². The van der Waals surface area contributed by atoms with Gasteiger partial charge in [-0.3, -0.25) is 5.41 Å². The van der Waals surface area contributed by atoms with E-state index >= 15 is 0 Å². The molecule has 0 amide bonds. The molecule has 0 atom stereocenters. The van der Waals surface area contributed by atoms with Crippen molar-refractivity contribution in [3.8, 4) is 22.8 Å². The Morgan fingerprint density at radius 3 is 2.50 bits per heavy atom. The Morgan fingerprint density at radius 1 is 1.13 bits per heavy atom. The van der Waals surface area contributed by atoms with Gasteiger partial charge in [0.15, 0.2) is 0 Å². The molecule has 0 saturated carbocycles. The highest BCUT2D eigenvalue weighted by molar-refractivity contribution is 7.13. The molecular formula is C22H20ClN3O3S. The molecule has 0 spiro atoms. The lowest BCUT2D eigenvalue weighted by atomic mass is 10.1. The van der Waals surface area contributed by atoms with Gasteiger partial charge in [0.25, 0.3) is 0 Å². The van der Waals surface area contributed by atoms with Gasteiger partial charge in [-0.25, -0.2) is 4.98 Å². The highest BCUT2D eigenvalue weighted by atomic mass is 35.5. The highest BCUT2D eigenvalue weighted by Gasteiger charge is 2.33. The van der Waals surface area contributed by atoms with Gasteiger partial charge < -0.3 is 19.5 Å². The highest BCUT2D eigenvalue weighted by Crippen LogP contribution is 2.42. The number of halogens is 1. The maximum atomic E-state index is 10.7. The quantitative estimate of drug-likeness (QED) is 0.542. The fourth-order valence-electron chi connectivity index (χ4n) is 3.43. The third-order valence-corrected chi connectivity index (χ3v) is 6.19. The van der Waals surface area contributed by atoms with E-state index in [2.05, 4.69) is 0 Å². The molecule has 2 aromatic carbocycles. The fourth-order valence-corrected chi connectivity index (χ4v) is 4.67. The van der Waals surface area contributed by atoms with E-state index in [4.69, 9.17) is 31.5 Å². The molecule has 0 unspecified atom stereocenters. The van der Waals surface area contributed by atoms with Gasteiger partial charge in [-0.2, -0.15) is 0 Å². The zero-order valence-electron chi connectivity index (χ0n) is 16.7. The summed E-state index contributed by atoms with van der Waals surface area (Å²) < 4.78 is 10.8. The zero-order valence-corrected chi connectivity index (χ0v) is 18.3. The van der Waals surface area contributed by atoms with Gasteiger partial charge in [-0.1, -0.05) is 41.9 Å². The number of nitrogens with one attached hydrogen (secondary N) is 1. The second-order valence-electron chi connectivity index (χ2n) is 6.70. The van der Waals surface area contributed by atoms with Crippen LogP contribution in [0.3, 0.4) is 0 Å². The lowest BCUT2D eigenvalue weighted by Crippen LogP contribution is -2.26. The predicted molar refractivity (Wildman–Crippen MR) is 121 cm³/mol. The van der Waals surface area contributed by atoms with Gasteiger partial charge in [0.05, 0.1) is 42.7 Å². The number of methoxy groups -OCH3 is 2. The van der Waals surface area contributed by atoms with Crippen LogP contribution >= 0.6 is 22.9 Å². The van der Waals surface area contributed by atoms with E-state index in [0.717, 1.165) is 16.1 Å². The molecule has 6 nitrogen and oxygen atoms in total. The normalized spacial score (nSPS) is 13.9. The minimum Gasteiger partial charge on any atom is -0.510 e. The fraction of sp³-hybridized carbons (Fsp3) is 0.182. The van der Waals surface area contributed by atoms with Crippen molar-refractivity contribution in [2.45, 2.75) is 6.92 Å². The number of hydrogen-bond acceptors (Lipinski definition) is 6. The SMILES string of the molecule is COc1cc(N2CC(O)=C(c3nc(-c4ccccc4)c(C)s3)C2=N)c(OC)cc1Cl. The third-order valence-electron chi connectivity index (χ3n) is 4.90. The predicted octanol–water partition coefficient (Wildman–Crippen LogP) is 5.56. The van der Waals surface area contributed by atoms with Crippen LogP contribution in [0.15, 0.2) is 48.2 Å². The van der Waals surface area contributed by atoms with E-state index in [1.807, 2.05) is 37.3 Å². The minimum atomic E-state index is 0.0873. The molecule has 0 aliphatic carbocycles. The number of nitrogens with zero attached hydrogens (tertiary/aromatic N) is 2. The summed E-state index contributed by atoms with van der Waals surface area (Å²) in [6, 6.07) is 13.2. The Labute approximate surface area is 183 Å². The van der Waals surface area contributed by atoms with Crippen molar-refractivity contribution in [3.63, 3.8) is 0 Å². The number of anilines is 1. The molecule has 0 fully saturated rings. The Hall–Kier alpha value is -3.03. The number of amidine groups is 1. The molecule has 4 rings (SSSR count). The second-order valence-corrected chi connectivity index (χ2v) is 8.32. The Morgan fingerprint density at radius 2 is 1.83 bits per heavy atom. The molecule has 30 heavy (non-hydrogen) atoms. The largest absolute Gasteiger partial charge is 0.510 e. The lowest BCUT2D eigenvalue weighted by Gasteiger charge is -2.22. The van der Waals surface area contributed by atoms with E-state index in [1.54, 1.807) is 17.0 Å². The van der Waals surface area contributed by atoms with E-state index in [-0.39, 0.29) is 18.1 Å². The standard InChI is InChI=1S/C22H20ClN3O3S/c1-12-20(13-7-5-4-6-8-13)25-22(30-12)19-16(27)11-26(21(19)24)15-10-17(28-2)14(23)9-18(15)29-3/h4-10,24,27H,11H2,1-3H3. The number of aryl methyl sites for hydroxylation is 1. The first-order valence-electron chi connectivity index (χ1n) is 9.18. The van der Waals surface area contributed by atoms with Crippen molar-refractivity contribution in [2.75, 3.05) is 25.7 Å². The monoisotopic (exact) mass is 441 g/mol. The molecule has 0 radical (unpaired) electrons. The maximum absolute atomic E-state index is 10.7. The van der Waals surface area contributed by atoms with Gasteiger partial charge in [-0.05, 0) is 6.92 Å². The third kappa shape index (κ3) is 3.40. The van der Waals surface area contributed by atoms with Crippen molar-refractivity contribution in [2.24, 2.45) is 0 Å². The summed E-state index contributed by atoms with van der Waals surface area (Å²) in [5, 5.41) is 20.5. The van der Waals surface area contributed by atoms with Crippen molar-refractivity contribution in [3.05, 3.63) is 63.1 Å². The van der Waals surface area contributed by atoms with Crippen LogP contribution in [0.2, 0.25) is 5.02 Å². The summed E-state index contributed by atoms with van der Waals surface area (Å²) >= 11 is 7.67. The van der Waals surface area contributed by atoms with Crippen LogP contribution in [0, 0.1) is 12.3 Å². The number of aromatic nitrogens is 1. The van der Waals surface area contributed by atoms with E-state index in [1.165, 1.54) is 25.6 Å². The average Bonchev–Trinajstić information content (AvgIpc) is 3.27. The number of hydrogen-bond donors (Lipinski definition) is 2. The van der Waals surface area contributed by atoms with Crippen LogP contribution < -0.4 is 14.4 Å². The Balaban J connectivity index is 1.72. The summed E-state index contributed by atoms with van der Waals surface area (Å²) in [5.74, 6) is 1.18. The number of benzene rings is 2. The van der Waals surface area contributed by atoms with E-state index in [9.17, 15) is 5.11 Å². The van der Waals surface area contributed by atoms with E-state index < -0.39 is 0 Å². The van der Waals surface area contributed by atoms with Crippen molar-refractivity contribution >= 4 is 40.0 Å². The molecule has 0 bridgehead atoms. The van der Waals surface area contributed by atoms with Gasteiger partial charge in [0, 0.05) is 22.6 Å². The molecule has 1 aliphatic rings. The molecule has 2 heterocycles. The number of thiazole rings is 1. The summed E-state index contributed by atoms with van der Waals surface area (Å²) in [6.45, 7) is 2.12. The Bertz CT molecular complexity index is 1160. The van der Waals surface area contributed by atoms with Crippen LogP contribution in [-0.4, -0.2) is 36.7 Å². The summed E-state index contributed by atoms with van der Waals surface area (Å²) in [6.07, 6.45) is 0. The van der Waals surface area contributed by atoms with Crippen LogP contribution in [0.5, 0.6) is 11.5 Å². The first-order valence-corrected chi connectivity index (χ1v) is 10.4. The van der Waals surface area contributed by atoms with Crippen molar-refractivity contribution < 1.29 is 14.6 Å². The van der Waals surface area contributed by atoms with Gasteiger partial charge in [-0.15, -0.1) is 11.3 Å². The summed E-state index contributed by atoms with van der Waals surface area (Å²) in [7, 11) is 3.06. The molecule has 0 saturated heterocycles. The molecule has 1 aliphatic heterocycles. The van der Waals surface area contributed by atoms with E-state index in [0.29, 0.717) is 32.8 Å². The van der Waals surface area contributed by atoms with Crippen LogP contribution in [0.1, 0.15) is 9.88 Å². The van der Waals surface area contributed by atoms with Gasteiger partial charge >= 0.3 is 0 Å². The number of aliphatic hydroxyl groups is 1. The molecule has 1 aromatic heterocycles. The van der Waals surface area contributed by atoms with Crippen LogP contribution in [0.4, 0.5) is 5.69 Å². The Kier molecular flexibility index (Phi) is 5.40. The molecule has 154 valence electrons. The molecule has 2 N–H and O–H groups in total. The molecule has 8 heteroatoms. The molecule has 3 aromatic rings. The first-order chi connectivity index (χ1) is 14.4. The summed E-state index contributed by atoms with van der Waals surface area (Å²) in [5.41, 5.74) is 2.86. The topological polar surface area (TPSA) is 78.7 Å². The summed E-state index contributed by atoms with van der Waals surface area (Å²) in [4.78, 5) is 7.41.